The minimum absolute atomic E-state index is 0.219. The van der Waals surface area contributed by atoms with E-state index in [1.807, 2.05) is 30.4 Å². The van der Waals surface area contributed by atoms with Crippen LogP contribution in [0.1, 0.15) is 28.8 Å². The first kappa shape index (κ1) is 11.2. The standard InChI is InChI=1S/C17H16O/c18-17-15(12-13-6-1-2-7-13)10-5-9-14-8-3-4-11-16(14)17/h1-4,6-8,11-13H,5,9-10H2/b15-12-. The molecule has 18 heavy (non-hydrogen) atoms. The molecule has 0 atom stereocenters. The minimum Gasteiger partial charge on any atom is -0.289 e. The summed E-state index contributed by atoms with van der Waals surface area (Å²) in [5.41, 5.74) is 3.07. The molecule has 0 fully saturated rings. The zero-order chi connectivity index (χ0) is 12.4. The number of carbonyl (C=O) groups is 1. The summed E-state index contributed by atoms with van der Waals surface area (Å²) in [7, 11) is 0. The van der Waals surface area contributed by atoms with Gasteiger partial charge < -0.3 is 0 Å². The molecule has 0 bridgehead atoms. The van der Waals surface area contributed by atoms with E-state index in [9.17, 15) is 4.79 Å². The molecule has 0 saturated heterocycles. The van der Waals surface area contributed by atoms with Gasteiger partial charge in [-0.3, -0.25) is 4.79 Å². The predicted molar refractivity (Wildman–Crippen MR) is 73.6 cm³/mol. The zero-order valence-electron chi connectivity index (χ0n) is 10.3. The molecule has 1 nitrogen and oxygen atoms in total. The fourth-order valence-corrected chi connectivity index (χ4v) is 2.67. The van der Waals surface area contributed by atoms with Crippen molar-refractivity contribution in [2.75, 3.05) is 0 Å². The molecule has 3 rings (SSSR count). The maximum absolute atomic E-state index is 12.5. The number of fused-ring (bicyclic) bond motifs is 1. The second kappa shape index (κ2) is 4.77. The topological polar surface area (TPSA) is 17.1 Å². The van der Waals surface area contributed by atoms with Crippen molar-refractivity contribution in [2.45, 2.75) is 19.3 Å². The van der Waals surface area contributed by atoms with Crippen molar-refractivity contribution in [1.82, 2.24) is 0 Å². The van der Waals surface area contributed by atoms with E-state index in [1.54, 1.807) is 0 Å². The highest BCUT2D eigenvalue weighted by atomic mass is 16.1. The quantitative estimate of drug-likeness (QED) is 0.534. The van der Waals surface area contributed by atoms with Crippen LogP contribution < -0.4 is 0 Å². The van der Waals surface area contributed by atoms with Gasteiger partial charge in [-0.2, -0.15) is 0 Å². The van der Waals surface area contributed by atoms with Crippen LogP contribution in [0.25, 0.3) is 0 Å². The number of hydrogen-bond donors (Lipinski definition) is 0. The Labute approximate surface area is 108 Å². The first-order valence-electron chi connectivity index (χ1n) is 6.53. The van der Waals surface area contributed by atoms with Gasteiger partial charge in [-0.25, -0.2) is 0 Å². The lowest BCUT2D eigenvalue weighted by Gasteiger charge is -2.06. The van der Waals surface area contributed by atoms with E-state index < -0.39 is 0 Å². The van der Waals surface area contributed by atoms with Crippen LogP contribution >= 0.6 is 0 Å². The van der Waals surface area contributed by atoms with Crippen molar-refractivity contribution in [3.05, 3.63) is 71.3 Å². The monoisotopic (exact) mass is 236 g/mol. The average Bonchev–Trinajstić information content (AvgIpc) is 2.85. The Kier molecular flexibility index (Phi) is 2.97. The van der Waals surface area contributed by atoms with E-state index in [-0.39, 0.29) is 5.78 Å². The van der Waals surface area contributed by atoms with Crippen LogP contribution in [-0.2, 0) is 6.42 Å². The number of aryl methyl sites for hydroxylation is 1. The van der Waals surface area contributed by atoms with E-state index >= 15 is 0 Å². The summed E-state index contributed by atoms with van der Waals surface area (Å²) in [5.74, 6) is 0.519. The fourth-order valence-electron chi connectivity index (χ4n) is 2.67. The summed E-state index contributed by atoms with van der Waals surface area (Å²) in [6.45, 7) is 0. The average molecular weight is 236 g/mol. The van der Waals surface area contributed by atoms with Crippen LogP contribution in [0.4, 0.5) is 0 Å². The van der Waals surface area contributed by atoms with E-state index in [4.69, 9.17) is 0 Å². The third-order valence-electron chi connectivity index (χ3n) is 3.62. The number of ketones is 1. The second-order valence-corrected chi connectivity index (χ2v) is 4.88. The third-order valence-corrected chi connectivity index (χ3v) is 3.62. The summed E-state index contributed by atoms with van der Waals surface area (Å²) >= 11 is 0. The Bertz CT molecular complexity index is 549. The maximum atomic E-state index is 12.5. The number of allylic oxidation sites excluding steroid dienone is 6. The van der Waals surface area contributed by atoms with Gasteiger partial charge in [0.15, 0.2) is 5.78 Å². The van der Waals surface area contributed by atoms with Crippen molar-refractivity contribution >= 4 is 5.78 Å². The number of hydrogen-bond acceptors (Lipinski definition) is 1. The summed E-state index contributed by atoms with van der Waals surface area (Å²) in [6.07, 6.45) is 13.4. The summed E-state index contributed by atoms with van der Waals surface area (Å²) in [5, 5.41) is 0. The normalized spacial score (nSPS) is 21.3. The Hall–Kier alpha value is -1.89. The van der Waals surface area contributed by atoms with Crippen molar-refractivity contribution < 1.29 is 4.79 Å². The maximum Gasteiger partial charge on any atom is 0.188 e. The van der Waals surface area contributed by atoms with Gasteiger partial charge in [-0.05, 0) is 30.4 Å². The highest BCUT2D eigenvalue weighted by molar-refractivity contribution is 6.10. The molecule has 0 N–H and O–H groups in total. The molecule has 0 amide bonds. The van der Waals surface area contributed by atoms with E-state index in [2.05, 4.69) is 24.3 Å². The van der Waals surface area contributed by atoms with Crippen LogP contribution in [-0.4, -0.2) is 5.78 Å². The van der Waals surface area contributed by atoms with Crippen LogP contribution in [0.5, 0.6) is 0 Å². The van der Waals surface area contributed by atoms with Crippen molar-refractivity contribution in [2.24, 2.45) is 5.92 Å². The Morgan fingerprint density at radius 2 is 1.83 bits per heavy atom. The van der Waals surface area contributed by atoms with Gasteiger partial charge in [0.05, 0.1) is 0 Å². The molecular weight excluding hydrogens is 220 g/mol. The third kappa shape index (κ3) is 2.08. The molecule has 0 heterocycles. The van der Waals surface area contributed by atoms with Gasteiger partial charge in [-0.15, -0.1) is 0 Å². The van der Waals surface area contributed by atoms with E-state index in [1.165, 1.54) is 5.56 Å². The van der Waals surface area contributed by atoms with Crippen LogP contribution in [0.3, 0.4) is 0 Å². The molecule has 0 unspecified atom stereocenters. The van der Waals surface area contributed by atoms with E-state index in [0.29, 0.717) is 5.92 Å². The second-order valence-electron chi connectivity index (χ2n) is 4.88. The first-order chi connectivity index (χ1) is 8.84. The SMILES string of the molecule is O=C1/C(=C\C2C=CC=C2)CCCc2ccccc21. The van der Waals surface area contributed by atoms with Gasteiger partial charge in [0.25, 0.3) is 0 Å². The van der Waals surface area contributed by atoms with Crippen molar-refractivity contribution in [3.8, 4) is 0 Å². The molecule has 0 saturated carbocycles. The van der Waals surface area contributed by atoms with Gasteiger partial charge in [0, 0.05) is 11.5 Å². The molecule has 0 spiro atoms. The molecule has 0 aliphatic heterocycles. The summed E-state index contributed by atoms with van der Waals surface area (Å²) in [6, 6.07) is 8.00. The van der Waals surface area contributed by atoms with E-state index in [0.717, 1.165) is 30.4 Å². The lowest BCUT2D eigenvalue weighted by Crippen LogP contribution is -2.04. The van der Waals surface area contributed by atoms with Gasteiger partial charge in [-0.1, -0.05) is 54.6 Å². The van der Waals surface area contributed by atoms with Gasteiger partial charge in [0.1, 0.15) is 0 Å². The fraction of sp³-hybridized carbons (Fsp3) is 0.235. The summed E-state index contributed by atoms with van der Waals surface area (Å²) in [4.78, 5) is 12.5. The van der Waals surface area contributed by atoms with Gasteiger partial charge >= 0.3 is 0 Å². The highest BCUT2D eigenvalue weighted by Gasteiger charge is 2.20. The lowest BCUT2D eigenvalue weighted by atomic mass is 9.97. The Balaban J connectivity index is 1.96. The Morgan fingerprint density at radius 1 is 1.06 bits per heavy atom. The molecule has 0 aromatic heterocycles. The predicted octanol–water partition coefficient (Wildman–Crippen LogP) is 3.87. The molecule has 1 aromatic rings. The molecule has 90 valence electrons. The zero-order valence-corrected chi connectivity index (χ0v) is 10.3. The minimum atomic E-state index is 0.219. The lowest BCUT2D eigenvalue weighted by molar-refractivity contribution is 0.103. The smallest absolute Gasteiger partial charge is 0.188 e. The largest absolute Gasteiger partial charge is 0.289 e. The highest BCUT2D eigenvalue weighted by Crippen LogP contribution is 2.26. The van der Waals surface area contributed by atoms with Crippen molar-refractivity contribution in [3.63, 3.8) is 0 Å². The first-order valence-corrected chi connectivity index (χ1v) is 6.53. The molecule has 1 aromatic carbocycles. The number of carbonyl (C=O) groups excluding carboxylic acids is 1. The van der Waals surface area contributed by atoms with Crippen LogP contribution in [0, 0.1) is 5.92 Å². The molecular formula is C17H16O. The van der Waals surface area contributed by atoms with Crippen LogP contribution in [0.2, 0.25) is 0 Å². The molecule has 2 aliphatic carbocycles. The van der Waals surface area contributed by atoms with Crippen molar-refractivity contribution in [1.29, 1.82) is 0 Å². The summed E-state index contributed by atoms with van der Waals surface area (Å²) < 4.78 is 0. The van der Waals surface area contributed by atoms with Crippen LogP contribution in [0.15, 0.2) is 60.2 Å². The molecule has 0 radical (unpaired) electrons. The number of Topliss-reactive ketones (excluding diaryl/α,β-unsaturated/α-hetero) is 1. The van der Waals surface area contributed by atoms with Gasteiger partial charge in [0.2, 0.25) is 0 Å². The number of rotatable bonds is 1. The molecule has 1 heteroatoms. The number of benzene rings is 1. The Morgan fingerprint density at radius 3 is 2.67 bits per heavy atom. The molecule has 2 aliphatic rings.